The number of nitrogens with one attached hydrogen (secondary N) is 1. The van der Waals surface area contributed by atoms with Crippen LogP contribution in [0.25, 0.3) is 0 Å². The summed E-state index contributed by atoms with van der Waals surface area (Å²) in [6.07, 6.45) is 0. The van der Waals surface area contributed by atoms with Crippen LogP contribution in [0.1, 0.15) is 28.3 Å². The van der Waals surface area contributed by atoms with E-state index in [9.17, 15) is 4.39 Å². The van der Waals surface area contributed by atoms with Crippen molar-refractivity contribution >= 4 is 0 Å². The fourth-order valence-corrected chi connectivity index (χ4v) is 2.59. The molecule has 2 nitrogen and oxygen atoms in total. The first-order valence-electron chi connectivity index (χ1n) is 6.64. The molecule has 1 N–H and O–H groups in total. The van der Waals surface area contributed by atoms with Crippen molar-refractivity contribution in [1.82, 2.24) is 5.32 Å². The van der Waals surface area contributed by atoms with Crippen molar-refractivity contribution in [2.45, 2.75) is 19.9 Å². The van der Waals surface area contributed by atoms with Crippen molar-refractivity contribution in [2.24, 2.45) is 0 Å². The van der Waals surface area contributed by atoms with Crippen LogP contribution in [0.3, 0.4) is 0 Å². The number of aryl methyl sites for hydroxylation is 2. The Morgan fingerprint density at radius 1 is 1.15 bits per heavy atom. The first-order chi connectivity index (χ1) is 9.56. The molecule has 0 aliphatic rings. The summed E-state index contributed by atoms with van der Waals surface area (Å²) in [6.45, 7) is 3.84. The van der Waals surface area contributed by atoms with Gasteiger partial charge in [-0.3, -0.25) is 0 Å². The molecule has 3 heteroatoms. The summed E-state index contributed by atoms with van der Waals surface area (Å²) >= 11 is 0. The van der Waals surface area contributed by atoms with Crippen LogP contribution in [0, 0.1) is 19.7 Å². The van der Waals surface area contributed by atoms with Gasteiger partial charge in [-0.2, -0.15) is 0 Å². The Bertz CT molecular complexity index is 587. The molecular weight excluding hydrogens is 253 g/mol. The van der Waals surface area contributed by atoms with Crippen LogP contribution in [0.15, 0.2) is 36.4 Å². The van der Waals surface area contributed by atoms with Gasteiger partial charge in [0.1, 0.15) is 11.6 Å². The zero-order valence-corrected chi connectivity index (χ0v) is 12.3. The third kappa shape index (κ3) is 2.83. The van der Waals surface area contributed by atoms with Crippen LogP contribution < -0.4 is 10.1 Å². The predicted molar refractivity (Wildman–Crippen MR) is 79.8 cm³/mol. The van der Waals surface area contributed by atoms with Gasteiger partial charge >= 0.3 is 0 Å². The van der Waals surface area contributed by atoms with E-state index in [2.05, 4.69) is 5.32 Å². The third-order valence-electron chi connectivity index (χ3n) is 3.49. The maximum atomic E-state index is 14.3. The van der Waals surface area contributed by atoms with Crippen LogP contribution >= 0.6 is 0 Å². The maximum absolute atomic E-state index is 14.3. The molecule has 0 aromatic heterocycles. The lowest BCUT2D eigenvalue weighted by atomic mass is 9.93. The standard InChI is InChI=1S/C17H20FNO/c1-11-8-12(2)16(15(18)9-11)17(19-3)13-6-5-7-14(10-13)20-4/h5-10,17,19H,1-4H3. The third-order valence-corrected chi connectivity index (χ3v) is 3.49. The highest BCUT2D eigenvalue weighted by Crippen LogP contribution is 2.29. The number of hydrogen-bond acceptors (Lipinski definition) is 2. The van der Waals surface area contributed by atoms with Crippen molar-refractivity contribution in [3.8, 4) is 5.75 Å². The summed E-state index contributed by atoms with van der Waals surface area (Å²) in [6, 6.07) is 11.1. The number of halogens is 1. The van der Waals surface area contributed by atoms with Gasteiger partial charge in [0.25, 0.3) is 0 Å². The van der Waals surface area contributed by atoms with E-state index in [0.29, 0.717) is 5.56 Å². The minimum Gasteiger partial charge on any atom is -0.497 e. The average molecular weight is 273 g/mol. The number of methoxy groups -OCH3 is 1. The summed E-state index contributed by atoms with van der Waals surface area (Å²) in [5, 5.41) is 3.19. The van der Waals surface area contributed by atoms with Crippen LogP contribution in [0.4, 0.5) is 4.39 Å². The van der Waals surface area contributed by atoms with E-state index < -0.39 is 0 Å². The van der Waals surface area contributed by atoms with Gasteiger partial charge in [0.05, 0.1) is 13.2 Å². The number of rotatable bonds is 4. The van der Waals surface area contributed by atoms with Gasteiger partial charge in [-0.1, -0.05) is 18.2 Å². The fourth-order valence-electron chi connectivity index (χ4n) is 2.59. The predicted octanol–water partition coefficient (Wildman–Crippen LogP) is 3.76. The second-order valence-corrected chi connectivity index (χ2v) is 4.98. The molecule has 20 heavy (non-hydrogen) atoms. The van der Waals surface area contributed by atoms with Crippen LogP contribution in [0.5, 0.6) is 5.75 Å². The molecule has 2 rings (SSSR count). The molecular formula is C17H20FNO. The Hall–Kier alpha value is -1.87. The minimum atomic E-state index is -0.189. The van der Waals surface area contributed by atoms with E-state index >= 15 is 0 Å². The number of benzene rings is 2. The Morgan fingerprint density at radius 2 is 1.90 bits per heavy atom. The van der Waals surface area contributed by atoms with Crippen LogP contribution in [-0.2, 0) is 0 Å². The van der Waals surface area contributed by atoms with E-state index in [4.69, 9.17) is 4.74 Å². The Kier molecular flexibility index (Phi) is 4.40. The lowest BCUT2D eigenvalue weighted by Gasteiger charge is -2.21. The van der Waals surface area contributed by atoms with Gasteiger partial charge < -0.3 is 10.1 Å². The summed E-state index contributed by atoms with van der Waals surface area (Å²) in [5.74, 6) is 0.595. The topological polar surface area (TPSA) is 21.3 Å². The first-order valence-corrected chi connectivity index (χ1v) is 6.64. The van der Waals surface area contributed by atoms with Crippen molar-refractivity contribution in [3.63, 3.8) is 0 Å². The van der Waals surface area contributed by atoms with Gasteiger partial charge in [0, 0.05) is 5.56 Å². The highest BCUT2D eigenvalue weighted by Gasteiger charge is 2.19. The van der Waals surface area contributed by atoms with Gasteiger partial charge in [-0.25, -0.2) is 4.39 Å². The molecule has 0 aliphatic heterocycles. The van der Waals surface area contributed by atoms with Crippen molar-refractivity contribution in [3.05, 3.63) is 64.5 Å². The lowest BCUT2D eigenvalue weighted by Crippen LogP contribution is -2.20. The summed E-state index contributed by atoms with van der Waals surface area (Å²) in [4.78, 5) is 0. The van der Waals surface area contributed by atoms with Crippen molar-refractivity contribution < 1.29 is 9.13 Å². The second kappa shape index (κ2) is 6.06. The smallest absolute Gasteiger partial charge is 0.128 e. The molecule has 0 fully saturated rings. The summed E-state index contributed by atoms with van der Waals surface area (Å²) in [5.41, 5.74) is 3.55. The van der Waals surface area contributed by atoms with E-state index in [1.165, 1.54) is 0 Å². The van der Waals surface area contributed by atoms with E-state index in [1.807, 2.05) is 51.2 Å². The van der Waals surface area contributed by atoms with Crippen LogP contribution in [-0.4, -0.2) is 14.2 Å². The molecule has 106 valence electrons. The Balaban J connectivity index is 2.52. The number of ether oxygens (including phenoxy) is 1. The SMILES string of the molecule is CNC(c1cccc(OC)c1)c1c(C)cc(C)cc1F. The summed E-state index contributed by atoms with van der Waals surface area (Å²) in [7, 11) is 3.47. The molecule has 0 spiro atoms. The highest BCUT2D eigenvalue weighted by molar-refractivity contribution is 5.42. The monoisotopic (exact) mass is 273 g/mol. The molecule has 1 atom stereocenters. The zero-order chi connectivity index (χ0) is 14.7. The Labute approximate surface area is 119 Å². The van der Waals surface area contributed by atoms with E-state index in [-0.39, 0.29) is 11.9 Å². The summed E-state index contributed by atoms with van der Waals surface area (Å²) < 4.78 is 19.6. The van der Waals surface area contributed by atoms with Gasteiger partial charge in [-0.05, 0) is 55.8 Å². The highest BCUT2D eigenvalue weighted by atomic mass is 19.1. The van der Waals surface area contributed by atoms with Crippen molar-refractivity contribution in [2.75, 3.05) is 14.2 Å². The van der Waals surface area contributed by atoms with Gasteiger partial charge in [0.15, 0.2) is 0 Å². The molecule has 2 aromatic rings. The molecule has 0 heterocycles. The average Bonchev–Trinajstić information content (AvgIpc) is 2.42. The molecule has 0 bridgehead atoms. The molecule has 0 radical (unpaired) electrons. The minimum absolute atomic E-state index is 0.176. The van der Waals surface area contributed by atoms with Crippen LogP contribution in [0.2, 0.25) is 0 Å². The normalized spacial score (nSPS) is 12.2. The van der Waals surface area contributed by atoms with E-state index in [1.54, 1.807) is 13.2 Å². The molecule has 2 aromatic carbocycles. The molecule has 0 saturated carbocycles. The molecule has 0 saturated heterocycles. The maximum Gasteiger partial charge on any atom is 0.128 e. The fraction of sp³-hybridized carbons (Fsp3) is 0.294. The Morgan fingerprint density at radius 3 is 2.50 bits per heavy atom. The number of hydrogen-bond donors (Lipinski definition) is 1. The molecule has 0 amide bonds. The lowest BCUT2D eigenvalue weighted by molar-refractivity contribution is 0.413. The van der Waals surface area contributed by atoms with Crippen molar-refractivity contribution in [1.29, 1.82) is 0 Å². The van der Waals surface area contributed by atoms with E-state index in [0.717, 1.165) is 22.4 Å². The quantitative estimate of drug-likeness (QED) is 0.915. The largest absolute Gasteiger partial charge is 0.497 e. The first kappa shape index (κ1) is 14.5. The zero-order valence-electron chi connectivity index (χ0n) is 12.3. The molecule has 1 unspecified atom stereocenters. The van der Waals surface area contributed by atoms with Gasteiger partial charge in [-0.15, -0.1) is 0 Å². The molecule has 0 aliphatic carbocycles. The van der Waals surface area contributed by atoms with Gasteiger partial charge in [0.2, 0.25) is 0 Å². The second-order valence-electron chi connectivity index (χ2n) is 4.98.